The second-order valence-electron chi connectivity index (χ2n) is 4.58. The van der Waals surface area contributed by atoms with Gasteiger partial charge in [-0.3, -0.25) is 0 Å². The van der Waals surface area contributed by atoms with Crippen LogP contribution >= 0.6 is 0 Å². The first-order valence-electron chi connectivity index (χ1n) is 6.39. The molecule has 0 saturated carbocycles. The highest BCUT2D eigenvalue weighted by Gasteiger charge is 2.09. The van der Waals surface area contributed by atoms with Crippen molar-refractivity contribution in [3.63, 3.8) is 0 Å². The van der Waals surface area contributed by atoms with Crippen molar-refractivity contribution in [2.75, 3.05) is 6.26 Å². The lowest BCUT2D eigenvalue weighted by atomic mass is 10.1. The van der Waals surface area contributed by atoms with E-state index in [0.29, 0.717) is 0 Å². The third kappa shape index (κ3) is 2.84. The van der Waals surface area contributed by atoms with E-state index in [-0.39, 0.29) is 5.82 Å². The lowest BCUT2D eigenvalue weighted by molar-refractivity contribution is 0.601. The lowest BCUT2D eigenvalue weighted by Crippen LogP contribution is -2.01. The molecule has 1 unspecified atom stereocenters. The summed E-state index contributed by atoms with van der Waals surface area (Å²) in [5.74, 6) is -0.264. The quantitative estimate of drug-likeness (QED) is 0.695. The minimum atomic E-state index is -0.999. The Hall–Kier alpha value is -2.11. The van der Waals surface area contributed by atoms with Crippen molar-refractivity contribution < 1.29 is 8.94 Å². The van der Waals surface area contributed by atoms with Crippen molar-refractivity contribution in [2.45, 2.75) is 4.90 Å². The van der Waals surface area contributed by atoms with E-state index < -0.39 is 11.2 Å². The van der Waals surface area contributed by atoms with Gasteiger partial charge in [0, 0.05) is 5.56 Å². The van der Waals surface area contributed by atoms with Gasteiger partial charge in [0.1, 0.15) is 12.1 Å². The van der Waals surface area contributed by atoms with Gasteiger partial charge in [-0.15, -0.1) is 0 Å². The second-order valence-corrected chi connectivity index (χ2v) is 5.96. The molecule has 0 saturated heterocycles. The van der Waals surface area contributed by atoms with Crippen LogP contribution in [0.5, 0.6) is 0 Å². The van der Waals surface area contributed by atoms with Crippen LogP contribution in [0, 0.1) is 5.82 Å². The minimum absolute atomic E-state index is 0.264. The van der Waals surface area contributed by atoms with Crippen molar-refractivity contribution in [3.05, 3.63) is 66.6 Å². The van der Waals surface area contributed by atoms with Crippen LogP contribution in [-0.2, 0) is 11.2 Å². The summed E-state index contributed by atoms with van der Waals surface area (Å²) in [7, 11) is 0. The number of aromatic nitrogens is 2. The number of halogens is 1. The number of nitrogens with zero attached hydrogens (tertiary/aromatic N) is 2. The Morgan fingerprint density at radius 1 is 1.00 bits per heavy atom. The van der Waals surface area contributed by atoms with Crippen LogP contribution in [0.2, 0.25) is 0 Å². The molecular weight excluding hydrogens is 287 g/mol. The number of benzene rings is 2. The minimum Gasteiger partial charge on any atom is -0.612 e. The average Bonchev–Trinajstić information content (AvgIpc) is 2.97. The van der Waals surface area contributed by atoms with E-state index in [1.807, 2.05) is 30.3 Å². The van der Waals surface area contributed by atoms with E-state index in [2.05, 4.69) is 5.10 Å². The van der Waals surface area contributed by atoms with Crippen molar-refractivity contribution in [3.8, 4) is 16.9 Å². The van der Waals surface area contributed by atoms with Crippen LogP contribution in [0.15, 0.2) is 65.7 Å². The summed E-state index contributed by atoms with van der Waals surface area (Å²) in [5.41, 5.74) is 2.63. The van der Waals surface area contributed by atoms with E-state index in [4.69, 9.17) is 0 Å². The second kappa shape index (κ2) is 5.71. The van der Waals surface area contributed by atoms with Gasteiger partial charge in [0.2, 0.25) is 0 Å². The molecule has 21 heavy (non-hydrogen) atoms. The fourth-order valence-electron chi connectivity index (χ4n) is 2.13. The number of hydrogen-bond acceptors (Lipinski definition) is 2. The predicted octanol–water partition coefficient (Wildman–Crippen LogP) is 3.42. The first kappa shape index (κ1) is 13.9. The summed E-state index contributed by atoms with van der Waals surface area (Å²) >= 11 is -0.999. The van der Waals surface area contributed by atoms with E-state index in [0.717, 1.165) is 21.8 Å². The molecule has 3 rings (SSSR count). The third-order valence-corrected chi connectivity index (χ3v) is 4.13. The number of hydrogen-bond donors (Lipinski definition) is 0. The monoisotopic (exact) mass is 300 g/mol. The standard InChI is InChI=1S/C16H13FN2OS/c1-21(20)15-8-6-14(7-9-15)19-16(10-11-18-19)12-2-4-13(17)5-3-12/h2-11H,1H3. The van der Waals surface area contributed by atoms with Gasteiger partial charge in [-0.1, -0.05) is 0 Å². The maximum Gasteiger partial charge on any atom is 0.152 e. The molecule has 0 aliphatic carbocycles. The Bertz CT molecular complexity index is 736. The summed E-state index contributed by atoms with van der Waals surface area (Å²) in [5, 5.41) is 4.31. The summed E-state index contributed by atoms with van der Waals surface area (Å²) in [4.78, 5) is 0.772. The zero-order valence-corrected chi connectivity index (χ0v) is 12.2. The topological polar surface area (TPSA) is 40.9 Å². The van der Waals surface area contributed by atoms with Gasteiger partial charge in [-0.05, 0) is 65.8 Å². The maximum atomic E-state index is 13.0. The highest BCUT2D eigenvalue weighted by Crippen LogP contribution is 2.23. The highest BCUT2D eigenvalue weighted by molar-refractivity contribution is 7.90. The Balaban J connectivity index is 2.00. The van der Waals surface area contributed by atoms with Gasteiger partial charge < -0.3 is 4.55 Å². The Morgan fingerprint density at radius 2 is 1.67 bits per heavy atom. The molecule has 2 aromatic carbocycles. The van der Waals surface area contributed by atoms with Crippen molar-refractivity contribution >= 4 is 11.2 Å². The van der Waals surface area contributed by atoms with E-state index in [1.54, 1.807) is 29.3 Å². The average molecular weight is 300 g/mol. The smallest absolute Gasteiger partial charge is 0.152 e. The van der Waals surface area contributed by atoms with Crippen LogP contribution in [0.1, 0.15) is 0 Å². The van der Waals surface area contributed by atoms with E-state index in [9.17, 15) is 8.94 Å². The van der Waals surface area contributed by atoms with Gasteiger partial charge in [-0.2, -0.15) is 5.10 Å². The molecule has 0 N–H and O–H groups in total. The van der Waals surface area contributed by atoms with Crippen molar-refractivity contribution in [1.29, 1.82) is 0 Å². The summed E-state index contributed by atoms with van der Waals surface area (Å²) in [6.07, 6.45) is 3.34. The SMILES string of the molecule is C[S+]([O-])c1ccc(-n2nccc2-c2ccc(F)cc2)cc1. The molecule has 1 heterocycles. The van der Waals surface area contributed by atoms with E-state index in [1.165, 1.54) is 12.1 Å². The molecule has 1 atom stereocenters. The molecule has 3 nitrogen and oxygen atoms in total. The summed E-state index contributed by atoms with van der Waals surface area (Å²) < 4.78 is 26.2. The Kier molecular flexibility index (Phi) is 3.77. The largest absolute Gasteiger partial charge is 0.612 e. The Labute approximate surface area is 125 Å². The number of rotatable bonds is 3. The van der Waals surface area contributed by atoms with Gasteiger partial charge >= 0.3 is 0 Å². The third-order valence-electron chi connectivity index (χ3n) is 3.20. The van der Waals surface area contributed by atoms with Crippen LogP contribution in [0.25, 0.3) is 16.9 Å². The van der Waals surface area contributed by atoms with Crippen LogP contribution in [0.4, 0.5) is 4.39 Å². The molecule has 0 spiro atoms. The molecule has 106 valence electrons. The van der Waals surface area contributed by atoms with Crippen LogP contribution in [0.3, 0.4) is 0 Å². The predicted molar refractivity (Wildman–Crippen MR) is 81.3 cm³/mol. The zero-order chi connectivity index (χ0) is 14.8. The maximum absolute atomic E-state index is 13.0. The van der Waals surface area contributed by atoms with Crippen molar-refractivity contribution in [2.24, 2.45) is 0 Å². The summed E-state index contributed by atoms with van der Waals surface area (Å²) in [6.45, 7) is 0. The molecular formula is C16H13FN2OS. The molecule has 0 aliphatic heterocycles. The molecule has 3 aromatic rings. The van der Waals surface area contributed by atoms with Crippen LogP contribution < -0.4 is 0 Å². The first-order chi connectivity index (χ1) is 10.1. The molecule has 0 aliphatic rings. The zero-order valence-electron chi connectivity index (χ0n) is 11.4. The highest BCUT2D eigenvalue weighted by atomic mass is 32.2. The van der Waals surface area contributed by atoms with E-state index >= 15 is 0 Å². The van der Waals surface area contributed by atoms with Gasteiger partial charge in [0.25, 0.3) is 0 Å². The van der Waals surface area contributed by atoms with Gasteiger partial charge in [0.05, 0.1) is 17.6 Å². The molecule has 5 heteroatoms. The normalized spacial score (nSPS) is 12.3. The molecule has 0 radical (unpaired) electrons. The molecule has 0 fully saturated rings. The Morgan fingerprint density at radius 3 is 2.29 bits per heavy atom. The molecule has 0 bridgehead atoms. The summed E-state index contributed by atoms with van der Waals surface area (Å²) in [6, 6.07) is 15.6. The molecule has 0 amide bonds. The fourth-order valence-corrected chi connectivity index (χ4v) is 2.65. The van der Waals surface area contributed by atoms with Gasteiger partial charge in [0.15, 0.2) is 4.90 Å². The fraction of sp³-hybridized carbons (Fsp3) is 0.0625. The van der Waals surface area contributed by atoms with Crippen molar-refractivity contribution in [1.82, 2.24) is 9.78 Å². The first-order valence-corrected chi connectivity index (χ1v) is 7.95. The molecule has 1 aromatic heterocycles. The van der Waals surface area contributed by atoms with Crippen LogP contribution in [-0.4, -0.2) is 20.6 Å². The lowest BCUT2D eigenvalue weighted by Gasteiger charge is -2.09. The van der Waals surface area contributed by atoms with Gasteiger partial charge in [-0.25, -0.2) is 9.07 Å².